The molecule has 2 rings (SSSR count). The van der Waals surface area contributed by atoms with Crippen LogP contribution in [0, 0.1) is 12.3 Å². The summed E-state index contributed by atoms with van der Waals surface area (Å²) in [6.45, 7) is 9.67. The fourth-order valence-electron chi connectivity index (χ4n) is 2.45. The zero-order valence-corrected chi connectivity index (χ0v) is 11.8. The molecule has 1 aliphatic rings. The lowest BCUT2D eigenvalue weighted by atomic mass is 9.87. The van der Waals surface area contributed by atoms with Gasteiger partial charge in [-0.05, 0) is 30.9 Å². The van der Waals surface area contributed by atoms with Gasteiger partial charge in [0.15, 0.2) is 5.96 Å². The van der Waals surface area contributed by atoms with E-state index in [0.29, 0.717) is 12.0 Å². The number of benzene rings is 1. The van der Waals surface area contributed by atoms with E-state index < -0.39 is 0 Å². The molecule has 0 radical (unpaired) electrons. The number of hydrogen-bond donors (Lipinski definition) is 1. The smallest absolute Gasteiger partial charge is 0.196 e. The van der Waals surface area contributed by atoms with Gasteiger partial charge in [0.05, 0.1) is 12.6 Å². The molecule has 2 N–H and O–H groups in total. The standard InChI is InChI=1S/C15H23N3/c1-11-5-7-12(8-6-11)18-13(9-15(2,3)4)10-17-14(18)16/h5-8,13H,9-10H2,1-4H3,(H2,16,17). The largest absolute Gasteiger partial charge is 0.370 e. The number of aryl methyl sites for hydroxylation is 1. The molecule has 3 heteroatoms. The Bertz CT molecular complexity index is 440. The molecule has 1 aromatic rings. The van der Waals surface area contributed by atoms with Crippen molar-refractivity contribution < 1.29 is 0 Å². The van der Waals surface area contributed by atoms with Crippen LogP contribution in [-0.2, 0) is 0 Å². The van der Waals surface area contributed by atoms with Crippen molar-refractivity contribution in [3.05, 3.63) is 29.8 Å². The van der Waals surface area contributed by atoms with Gasteiger partial charge in [0.1, 0.15) is 0 Å². The van der Waals surface area contributed by atoms with Crippen molar-refractivity contribution in [1.29, 1.82) is 0 Å². The maximum Gasteiger partial charge on any atom is 0.196 e. The number of anilines is 1. The Morgan fingerprint density at radius 3 is 2.44 bits per heavy atom. The zero-order valence-electron chi connectivity index (χ0n) is 11.8. The number of nitrogens with two attached hydrogens (primary N) is 1. The molecular formula is C15H23N3. The number of aliphatic imine (C=N–C) groups is 1. The second-order valence-corrected chi connectivity index (χ2v) is 6.32. The van der Waals surface area contributed by atoms with Crippen LogP contribution in [0.2, 0.25) is 0 Å². The van der Waals surface area contributed by atoms with E-state index in [1.165, 1.54) is 5.56 Å². The highest BCUT2D eigenvalue weighted by Gasteiger charge is 2.30. The van der Waals surface area contributed by atoms with Gasteiger partial charge in [-0.1, -0.05) is 38.5 Å². The maximum absolute atomic E-state index is 6.03. The van der Waals surface area contributed by atoms with Gasteiger partial charge in [0.2, 0.25) is 0 Å². The summed E-state index contributed by atoms with van der Waals surface area (Å²) < 4.78 is 0. The first-order valence-corrected chi connectivity index (χ1v) is 6.53. The average Bonchev–Trinajstić information content (AvgIpc) is 2.59. The van der Waals surface area contributed by atoms with Gasteiger partial charge in [-0.3, -0.25) is 4.99 Å². The molecule has 1 aliphatic heterocycles. The second kappa shape index (κ2) is 4.63. The van der Waals surface area contributed by atoms with Crippen LogP contribution < -0.4 is 10.6 Å². The molecule has 0 amide bonds. The summed E-state index contributed by atoms with van der Waals surface area (Å²) in [4.78, 5) is 6.57. The summed E-state index contributed by atoms with van der Waals surface area (Å²) in [5.74, 6) is 0.646. The highest BCUT2D eigenvalue weighted by molar-refractivity contribution is 5.97. The lowest BCUT2D eigenvalue weighted by Gasteiger charge is -2.31. The lowest BCUT2D eigenvalue weighted by Crippen LogP contribution is -2.42. The molecule has 0 bridgehead atoms. The zero-order chi connectivity index (χ0) is 13.3. The number of guanidine groups is 1. The first-order valence-electron chi connectivity index (χ1n) is 6.53. The number of hydrogen-bond acceptors (Lipinski definition) is 3. The molecule has 1 unspecified atom stereocenters. The van der Waals surface area contributed by atoms with Gasteiger partial charge >= 0.3 is 0 Å². The summed E-state index contributed by atoms with van der Waals surface area (Å²) in [7, 11) is 0. The summed E-state index contributed by atoms with van der Waals surface area (Å²) >= 11 is 0. The fraction of sp³-hybridized carbons (Fsp3) is 0.533. The molecular weight excluding hydrogens is 222 g/mol. The Kier molecular flexibility index (Phi) is 3.33. The van der Waals surface area contributed by atoms with Crippen LogP contribution >= 0.6 is 0 Å². The fourth-order valence-corrected chi connectivity index (χ4v) is 2.45. The third-order valence-corrected chi connectivity index (χ3v) is 3.24. The van der Waals surface area contributed by atoms with Crippen LogP contribution in [0.1, 0.15) is 32.8 Å². The van der Waals surface area contributed by atoms with E-state index in [9.17, 15) is 0 Å². The minimum Gasteiger partial charge on any atom is -0.370 e. The van der Waals surface area contributed by atoms with Crippen molar-refractivity contribution in [3.63, 3.8) is 0 Å². The Morgan fingerprint density at radius 1 is 1.28 bits per heavy atom. The lowest BCUT2D eigenvalue weighted by molar-refractivity contribution is 0.347. The van der Waals surface area contributed by atoms with E-state index in [1.54, 1.807) is 0 Å². The molecule has 0 saturated carbocycles. The minimum absolute atomic E-state index is 0.285. The quantitative estimate of drug-likeness (QED) is 0.870. The van der Waals surface area contributed by atoms with Gasteiger partial charge in [0.25, 0.3) is 0 Å². The Labute approximate surface area is 110 Å². The molecule has 3 nitrogen and oxygen atoms in total. The van der Waals surface area contributed by atoms with Gasteiger partial charge in [-0.25, -0.2) is 0 Å². The van der Waals surface area contributed by atoms with Crippen molar-refractivity contribution in [2.45, 2.75) is 40.2 Å². The molecule has 0 aromatic heterocycles. The van der Waals surface area contributed by atoms with Crippen molar-refractivity contribution in [1.82, 2.24) is 0 Å². The van der Waals surface area contributed by atoms with Crippen LogP contribution in [0.3, 0.4) is 0 Å². The minimum atomic E-state index is 0.285. The van der Waals surface area contributed by atoms with Crippen LogP contribution in [-0.4, -0.2) is 18.5 Å². The third-order valence-electron chi connectivity index (χ3n) is 3.24. The van der Waals surface area contributed by atoms with E-state index in [1.807, 2.05) is 0 Å². The van der Waals surface area contributed by atoms with E-state index in [-0.39, 0.29) is 5.41 Å². The van der Waals surface area contributed by atoms with Gasteiger partial charge in [-0.2, -0.15) is 0 Å². The predicted molar refractivity (Wildman–Crippen MR) is 78.0 cm³/mol. The highest BCUT2D eigenvalue weighted by Crippen LogP contribution is 2.29. The Hall–Kier alpha value is -1.51. The van der Waals surface area contributed by atoms with Crippen molar-refractivity contribution in [2.75, 3.05) is 11.4 Å². The van der Waals surface area contributed by atoms with Gasteiger partial charge in [-0.15, -0.1) is 0 Å². The van der Waals surface area contributed by atoms with Crippen molar-refractivity contribution >= 4 is 11.6 Å². The summed E-state index contributed by atoms with van der Waals surface area (Å²) in [6.07, 6.45) is 1.09. The molecule has 0 saturated heterocycles. The van der Waals surface area contributed by atoms with E-state index in [2.05, 4.69) is 61.9 Å². The Morgan fingerprint density at radius 2 is 1.89 bits per heavy atom. The molecule has 1 aromatic carbocycles. The predicted octanol–water partition coefficient (Wildman–Crippen LogP) is 2.93. The van der Waals surface area contributed by atoms with E-state index in [4.69, 9.17) is 5.73 Å². The molecule has 98 valence electrons. The molecule has 0 spiro atoms. The maximum atomic E-state index is 6.03. The summed E-state index contributed by atoms with van der Waals surface area (Å²) in [5.41, 5.74) is 8.73. The molecule has 0 aliphatic carbocycles. The second-order valence-electron chi connectivity index (χ2n) is 6.32. The average molecular weight is 245 g/mol. The van der Waals surface area contributed by atoms with E-state index in [0.717, 1.165) is 18.7 Å². The van der Waals surface area contributed by atoms with Crippen LogP contribution in [0.25, 0.3) is 0 Å². The normalized spacial score (nSPS) is 20.1. The van der Waals surface area contributed by atoms with Crippen LogP contribution in [0.15, 0.2) is 29.3 Å². The van der Waals surface area contributed by atoms with Crippen LogP contribution in [0.4, 0.5) is 5.69 Å². The first-order chi connectivity index (χ1) is 8.37. The van der Waals surface area contributed by atoms with Crippen LogP contribution in [0.5, 0.6) is 0 Å². The van der Waals surface area contributed by atoms with E-state index >= 15 is 0 Å². The monoisotopic (exact) mass is 245 g/mol. The Balaban J connectivity index is 2.22. The van der Waals surface area contributed by atoms with Crippen molar-refractivity contribution in [3.8, 4) is 0 Å². The SMILES string of the molecule is Cc1ccc(N2C(N)=NCC2CC(C)(C)C)cc1. The molecule has 18 heavy (non-hydrogen) atoms. The summed E-state index contributed by atoms with van der Waals surface area (Å²) in [6, 6.07) is 8.87. The summed E-state index contributed by atoms with van der Waals surface area (Å²) in [5, 5.41) is 0. The van der Waals surface area contributed by atoms with Gasteiger partial charge in [0, 0.05) is 5.69 Å². The van der Waals surface area contributed by atoms with Crippen molar-refractivity contribution in [2.24, 2.45) is 16.1 Å². The molecule has 0 fully saturated rings. The highest BCUT2D eigenvalue weighted by atomic mass is 15.3. The molecule has 1 atom stereocenters. The third kappa shape index (κ3) is 2.84. The molecule has 1 heterocycles. The van der Waals surface area contributed by atoms with Gasteiger partial charge < -0.3 is 10.6 Å². The first kappa shape index (κ1) is 12.9. The number of rotatable bonds is 2. The topological polar surface area (TPSA) is 41.6 Å². The number of nitrogens with zero attached hydrogens (tertiary/aromatic N) is 2.